The molecule has 1 unspecified atom stereocenters. The summed E-state index contributed by atoms with van der Waals surface area (Å²) < 4.78 is 23.2. The van der Waals surface area contributed by atoms with E-state index in [0.29, 0.717) is 0 Å². The molecular weight excluding hydrogens is 322 g/mol. The summed E-state index contributed by atoms with van der Waals surface area (Å²) in [5.41, 5.74) is 5.47. The lowest BCUT2D eigenvalue weighted by Gasteiger charge is -2.02. The van der Waals surface area contributed by atoms with Crippen molar-refractivity contribution in [3.63, 3.8) is 0 Å². The molecule has 0 aliphatic carbocycles. The molecule has 0 aromatic rings. The van der Waals surface area contributed by atoms with Crippen LogP contribution in [0.1, 0.15) is 110 Å². The molecule has 0 aromatic carbocycles. The summed E-state index contributed by atoms with van der Waals surface area (Å²) in [5, 5.41) is 0. The summed E-state index contributed by atoms with van der Waals surface area (Å²) in [5.74, 6) is 0. The lowest BCUT2D eigenvalue weighted by molar-refractivity contribution is 0.300. The summed E-state index contributed by atoms with van der Waals surface area (Å²) in [6.45, 7) is 5.29. The van der Waals surface area contributed by atoms with Gasteiger partial charge in [-0.1, -0.05) is 97.3 Å². The fourth-order valence-electron chi connectivity index (χ4n) is 2.49. The maximum Gasteiger partial charge on any atom is 0.0842 e. The van der Waals surface area contributed by atoms with E-state index in [4.69, 9.17) is 5.73 Å². The number of rotatable bonds is 17. The maximum absolute atomic E-state index is 9.54. The van der Waals surface area contributed by atoms with Gasteiger partial charge < -0.3 is 14.5 Å². The second kappa shape index (κ2) is 25.3. The van der Waals surface area contributed by atoms with Crippen LogP contribution in [-0.4, -0.2) is 21.9 Å². The SMILES string of the molecule is CCCCCCCCCCCCCCCCN.CCCOS(=O)[O-]. The highest BCUT2D eigenvalue weighted by Crippen LogP contribution is 2.12. The van der Waals surface area contributed by atoms with Gasteiger partial charge in [0.25, 0.3) is 0 Å². The predicted octanol–water partition coefficient (Wildman–Crippen LogP) is 5.63. The van der Waals surface area contributed by atoms with E-state index in [9.17, 15) is 8.76 Å². The number of hydrogen-bond acceptors (Lipinski definition) is 4. The van der Waals surface area contributed by atoms with Crippen LogP contribution in [0.4, 0.5) is 0 Å². The van der Waals surface area contributed by atoms with Gasteiger partial charge in [0, 0.05) is 0 Å². The molecule has 0 aliphatic heterocycles. The van der Waals surface area contributed by atoms with Crippen LogP contribution >= 0.6 is 0 Å². The predicted molar refractivity (Wildman–Crippen MR) is 105 cm³/mol. The maximum atomic E-state index is 9.54. The van der Waals surface area contributed by atoms with Crippen LogP contribution in [0.25, 0.3) is 0 Å². The Balaban J connectivity index is 0. The molecule has 0 amide bonds. The van der Waals surface area contributed by atoms with E-state index in [1.807, 2.05) is 6.92 Å². The number of hydrogen-bond donors (Lipinski definition) is 1. The van der Waals surface area contributed by atoms with E-state index < -0.39 is 11.4 Å². The Morgan fingerprint density at radius 2 is 1.08 bits per heavy atom. The van der Waals surface area contributed by atoms with Crippen molar-refractivity contribution in [2.24, 2.45) is 5.73 Å². The highest BCUT2D eigenvalue weighted by Gasteiger charge is 1.93. The Morgan fingerprint density at radius 1 is 0.708 bits per heavy atom. The van der Waals surface area contributed by atoms with Crippen LogP contribution < -0.4 is 5.73 Å². The normalized spacial score (nSPS) is 11.8. The van der Waals surface area contributed by atoms with Crippen molar-refractivity contribution in [2.75, 3.05) is 13.2 Å². The summed E-state index contributed by atoms with van der Waals surface area (Å²) >= 11 is -2.32. The fourth-order valence-corrected chi connectivity index (χ4v) is 2.79. The van der Waals surface area contributed by atoms with E-state index in [1.165, 1.54) is 89.9 Å². The Morgan fingerprint density at radius 3 is 1.33 bits per heavy atom. The first-order chi connectivity index (χ1) is 11.7. The molecule has 0 radical (unpaired) electrons. The Labute approximate surface area is 153 Å². The molecule has 5 heteroatoms. The van der Waals surface area contributed by atoms with Crippen molar-refractivity contribution in [2.45, 2.75) is 110 Å². The Kier molecular flexibility index (Phi) is 27.7. The van der Waals surface area contributed by atoms with Crippen LogP contribution in [0.5, 0.6) is 0 Å². The molecule has 1 atom stereocenters. The van der Waals surface area contributed by atoms with Gasteiger partial charge >= 0.3 is 0 Å². The molecule has 0 saturated carbocycles. The third-order valence-corrected chi connectivity index (χ3v) is 4.30. The third-order valence-electron chi connectivity index (χ3n) is 3.94. The zero-order valence-electron chi connectivity index (χ0n) is 16.2. The minimum absolute atomic E-state index is 0.288. The van der Waals surface area contributed by atoms with Crippen molar-refractivity contribution in [3.8, 4) is 0 Å². The molecule has 24 heavy (non-hydrogen) atoms. The van der Waals surface area contributed by atoms with Crippen LogP contribution in [-0.2, 0) is 15.5 Å². The monoisotopic (exact) mass is 364 g/mol. The quantitative estimate of drug-likeness (QED) is 0.268. The van der Waals surface area contributed by atoms with Gasteiger partial charge in [-0.05, 0) is 19.4 Å². The van der Waals surface area contributed by atoms with Gasteiger partial charge in [0.2, 0.25) is 0 Å². The lowest BCUT2D eigenvalue weighted by atomic mass is 10.0. The zero-order chi connectivity index (χ0) is 18.3. The minimum atomic E-state index is -2.32. The Hall–Kier alpha value is 0.0300. The second-order valence-corrected chi connectivity index (χ2v) is 7.05. The summed E-state index contributed by atoms with van der Waals surface area (Å²) in [6.07, 6.45) is 20.6. The zero-order valence-corrected chi connectivity index (χ0v) is 17.0. The van der Waals surface area contributed by atoms with Gasteiger partial charge in [0.1, 0.15) is 0 Å². The van der Waals surface area contributed by atoms with Crippen molar-refractivity contribution < 1.29 is 12.9 Å². The summed E-state index contributed by atoms with van der Waals surface area (Å²) in [6, 6.07) is 0. The van der Waals surface area contributed by atoms with Gasteiger partial charge in [0.15, 0.2) is 0 Å². The Bertz CT molecular complexity index is 227. The molecule has 0 spiro atoms. The smallest absolute Gasteiger partial charge is 0.0842 e. The van der Waals surface area contributed by atoms with Crippen LogP contribution in [0.3, 0.4) is 0 Å². The van der Waals surface area contributed by atoms with E-state index in [-0.39, 0.29) is 6.61 Å². The molecule has 0 aromatic heterocycles. The van der Waals surface area contributed by atoms with Crippen LogP contribution in [0.15, 0.2) is 0 Å². The van der Waals surface area contributed by atoms with E-state index in [0.717, 1.165) is 13.0 Å². The topological polar surface area (TPSA) is 75.4 Å². The first-order valence-corrected chi connectivity index (χ1v) is 11.1. The largest absolute Gasteiger partial charge is 0.750 e. The van der Waals surface area contributed by atoms with Crippen LogP contribution in [0.2, 0.25) is 0 Å². The molecule has 0 fully saturated rings. The third kappa shape index (κ3) is 30.0. The first kappa shape index (κ1) is 26.3. The molecule has 0 heterocycles. The van der Waals surface area contributed by atoms with Crippen molar-refractivity contribution in [1.29, 1.82) is 0 Å². The average Bonchev–Trinajstić information content (AvgIpc) is 2.58. The molecule has 4 nitrogen and oxygen atoms in total. The van der Waals surface area contributed by atoms with Crippen molar-refractivity contribution in [1.82, 2.24) is 0 Å². The second-order valence-electron chi connectivity index (χ2n) is 6.41. The minimum Gasteiger partial charge on any atom is -0.750 e. The molecule has 0 aliphatic rings. The highest BCUT2D eigenvalue weighted by molar-refractivity contribution is 7.74. The van der Waals surface area contributed by atoms with Crippen LogP contribution in [0, 0.1) is 0 Å². The van der Waals surface area contributed by atoms with E-state index in [1.54, 1.807) is 0 Å². The van der Waals surface area contributed by atoms with Gasteiger partial charge in [0.05, 0.1) is 18.0 Å². The van der Waals surface area contributed by atoms with E-state index in [2.05, 4.69) is 11.1 Å². The summed E-state index contributed by atoms with van der Waals surface area (Å²) in [7, 11) is 0. The van der Waals surface area contributed by atoms with Gasteiger partial charge in [-0.15, -0.1) is 0 Å². The highest BCUT2D eigenvalue weighted by atomic mass is 32.2. The molecule has 148 valence electrons. The van der Waals surface area contributed by atoms with Crippen molar-refractivity contribution in [3.05, 3.63) is 0 Å². The first-order valence-electron chi connectivity index (χ1n) is 10.1. The van der Waals surface area contributed by atoms with E-state index >= 15 is 0 Å². The number of unbranched alkanes of at least 4 members (excludes halogenated alkanes) is 13. The lowest BCUT2D eigenvalue weighted by Crippen LogP contribution is -1.97. The molecule has 0 saturated heterocycles. The number of nitrogens with two attached hydrogens (primary N) is 1. The average molecular weight is 365 g/mol. The van der Waals surface area contributed by atoms with Gasteiger partial charge in [-0.2, -0.15) is 0 Å². The standard InChI is InChI=1S/C16H35N.C3H8O3S/c1-2-3-4-5-6-7-8-9-10-11-12-13-14-15-16-17;1-2-3-6-7(4)5/h2-17H2,1H3;2-3H2,1H3,(H,4,5)/p-1. The molecular formula is C19H42NO3S-. The molecule has 2 N–H and O–H groups in total. The molecule has 0 bridgehead atoms. The fraction of sp³-hybridized carbons (Fsp3) is 1.00. The van der Waals surface area contributed by atoms with Gasteiger partial charge in [-0.3, -0.25) is 0 Å². The van der Waals surface area contributed by atoms with Crippen molar-refractivity contribution >= 4 is 11.4 Å². The van der Waals surface area contributed by atoms with Gasteiger partial charge in [-0.25, -0.2) is 4.21 Å². The molecule has 0 rings (SSSR count). The summed E-state index contributed by atoms with van der Waals surface area (Å²) in [4.78, 5) is 0.